The largest absolute Gasteiger partial charge is 0.508 e. The minimum Gasteiger partial charge on any atom is -0.508 e. The molecule has 0 bridgehead atoms. The molecule has 2 aromatic carbocycles. The molecule has 1 heterocycles. The quantitative estimate of drug-likeness (QED) is 0.881. The first-order chi connectivity index (χ1) is 12.1. The molecule has 1 aliphatic carbocycles. The molecule has 0 aromatic heterocycles. The van der Waals surface area contributed by atoms with Gasteiger partial charge in [0.15, 0.2) is 0 Å². The standard InChI is InChI=1S/C21H22ClNO2/c22-18-5-3-17(4-6-18)21(11-12-21)20(25)23-13-9-16(10-14-23)15-1-7-19(24)8-2-15/h1-8,16,24H,9-14H2. The molecule has 0 unspecified atom stereocenters. The molecular formula is C21H22ClNO2. The summed E-state index contributed by atoms with van der Waals surface area (Å²) >= 11 is 5.98. The van der Waals surface area contributed by atoms with Crippen LogP contribution in [0.3, 0.4) is 0 Å². The summed E-state index contributed by atoms with van der Waals surface area (Å²) < 4.78 is 0. The number of nitrogens with zero attached hydrogens (tertiary/aromatic N) is 1. The number of halogens is 1. The van der Waals surface area contributed by atoms with Crippen molar-refractivity contribution in [2.75, 3.05) is 13.1 Å². The van der Waals surface area contributed by atoms with E-state index in [1.54, 1.807) is 12.1 Å². The van der Waals surface area contributed by atoms with Gasteiger partial charge in [0.05, 0.1) is 5.41 Å². The Morgan fingerprint density at radius 1 is 1.00 bits per heavy atom. The number of hydrogen-bond acceptors (Lipinski definition) is 2. The van der Waals surface area contributed by atoms with Crippen LogP contribution in [-0.2, 0) is 10.2 Å². The second-order valence-corrected chi connectivity index (χ2v) is 7.68. The van der Waals surface area contributed by atoms with Crippen molar-refractivity contribution in [3.63, 3.8) is 0 Å². The number of likely N-dealkylation sites (tertiary alicyclic amines) is 1. The van der Waals surface area contributed by atoms with E-state index in [0.717, 1.165) is 44.3 Å². The van der Waals surface area contributed by atoms with E-state index >= 15 is 0 Å². The van der Waals surface area contributed by atoms with Gasteiger partial charge in [0.25, 0.3) is 0 Å². The maximum atomic E-state index is 13.1. The van der Waals surface area contributed by atoms with Crippen LogP contribution in [0.2, 0.25) is 5.02 Å². The molecule has 4 rings (SSSR count). The van der Waals surface area contributed by atoms with Crippen LogP contribution in [0.25, 0.3) is 0 Å². The molecule has 0 atom stereocenters. The average molecular weight is 356 g/mol. The zero-order chi connectivity index (χ0) is 17.4. The van der Waals surface area contributed by atoms with E-state index in [0.29, 0.717) is 16.7 Å². The van der Waals surface area contributed by atoms with Gasteiger partial charge in [-0.05, 0) is 67.0 Å². The number of amides is 1. The number of carbonyl (C=O) groups is 1. The smallest absolute Gasteiger partial charge is 0.233 e. The lowest BCUT2D eigenvalue weighted by Gasteiger charge is -2.35. The van der Waals surface area contributed by atoms with Gasteiger partial charge < -0.3 is 10.0 Å². The van der Waals surface area contributed by atoms with Crippen LogP contribution in [-0.4, -0.2) is 29.0 Å². The molecule has 1 N–H and O–H groups in total. The first-order valence-corrected chi connectivity index (χ1v) is 9.31. The maximum Gasteiger partial charge on any atom is 0.233 e. The molecule has 0 spiro atoms. The molecule has 130 valence electrons. The molecule has 1 amide bonds. The molecule has 4 heteroatoms. The monoisotopic (exact) mass is 355 g/mol. The van der Waals surface area contributed by atoms with Crippen LogP contribution in [0.1, 0.15) is 42.7 Å². The van der Waals surface area contributed by atoms with Crippen molar-refractivity contribution in [2.24, 2.45) is 0 Å². The normalized spacial score (nSPS) is 19.6. The third-order valence-electron chi connectivity index (χ3n) is 5.70. The van der Waals surface area contributed by atoms with Crippen LogP contribution in [0.5, 0.6) is 5.75 Å². The predicted octanol–water partition coefficient (Wildman–Crippen LogP) is 4.48. The van der Waals surface area contributed by atoms with Gasteiger partial charge in [-0.3, -0.25) is 4.79 Å². The molecule has 1 aliphatic heterocycles. The van der Waals surface area contributed by atoms with E-state index in [1.807, 2.05) is 41.3 Å². The third kappa shape index (κ3) is 3.13. The number of benzene rings is 2. The summed E-state index contributed by atoms with van der Waals surface area (Å²) in [5, 5.41) is 10.1. The summed E-state index contributed by atoms with van der Waals surface area (Å²) in [5.41, 5.74) is 2.04. The van der Waals surface area contributed by atoms with Crippen LogP contribution in [0.15, 0.2) is 48.5 Å². The summed E-state index contributed by atoms with van der Waals surface area (Å²) in [6, 6.07) is 15.2. The van der Waals surface area contributed by atoms with Crippen LogP contribution < -0.4 is 0 Å². The van der Waals surface area contributed by atoms with Gasteiger partial charge in [0, 0.05) is 18.1 Å². The highest BCUT2D eigenvalue weighted by Crippen LogP contribution is 2.50. The van der Waals surface area contributed by atoms with Gasteiger partial charge in [-0.1, -0.05) is 35.9 Å². The van der Waals surface area contributed by atoms with Gasteiger partial charge >= 0.3 is 0 Å². The Balaban J connectivity index is 1.43. The number of piperidine rings is 1. The second kappa shape index (κ2) is 6.38. The summed E-state index contributed by atoms with van der Waals surface area (Å²) in [5.74, 6) is 1.05. The Labute approximate surface area is 153 Å². The highest BCUT2D eigenvalue weighted by atomic mass is 35.5. The molecule has 0 radical (unpaired) electrons. The number of carbonyl (C=O) groups excluding carboxylic acids is 1. The zero-order valence-electron chi connectivity index (χ0n) is 14.1. The Hall–Kier alpha value is -2.00. The van der Waals surface area contributed by atoms with E-state index in [1.165, 1.54) is 5.56 Å². The Morgan fingerprint density at radius 3 is 2.16 bits per heavy atom. The van der Waals surface area contributed by atoms with Crippen molar-refractivity contribution in [3.05, 3.63) is 64.7 Å². The molecular weight excluding hydrogens is 334 g/mol. The summed E-state index contributed by atoms with van der Waals surface area (Å²) in [6.07, 6.45) is 3.83. The lowest BCUT2D eigenvalue weighted by molar-refractivity contribution is -0.135. The highest BCUT2D eigenvalue weighted by Gasteiger charge is 2.53. The molecule has 3 nitrogen and oxygen atoms in total. The summed E-state index contributed by atoms with van der Waals surface area (Å²) in [6.45, 7) is 1.61. The number of rotatable bonds is 3. The molecule has 25 heavy (non-hydrogen) atoms. The van der Waals surface area contributed by atoms with E-state index < -0.39 is 0 Å². The lowest BCUT2D eigenvalue weighted by atomic mass is 9.87. The number of phenols is 1. The first-order valence-electron chi connectivity index (χ1n) is 8.93. The predicted molar refractivity (Wildman–Crippen MR) is 99.0 cm³/mol. The second-order valence-electron chi connectivity index (χ2n) is 7.25. The van der Waals surface area contributed by atoms with E-state index in [-0.39, 0.29) is 11.3 Å². The Bertz CT molecular complexity index is 757. The van der Waals surface area contributed by atoms with Gasteiger partial charge in [0.1, 0.15) is 5.75 Å². The van der Waals surface area contributed by atoms with Crippen molar-refractivity contribution in [1.82, 2.24) is 4.90 Å². The van der Waals surface area contributed by atoms with Crippen molar-refractivity contribution >= 4 is 17.5 Å². The molecule has 2 fully saturated rings. The minimum absolute atomic E-state index is 0.277. The highest BCUT2D eigenvalue weighted by molar-refractivity contribution is 6.30. The van der Waals surface area contributed by atoms with Gasteiger partial charge in [-0.15, -0.1) is 0 Å². The fraction of sp³-hybridized carbons (Fsp3) is 0.381. The van der Waals surface area contributed by atoms with Crippen LogP contribution >= 0.6 is 11.6 Å². The van der Waals surface area contributed by atoms with Gasteiger partial charge in [-0.25, -0.2) is 0 Å². The fourth-order valence-electron chi connectivity index (χ4n) is 3.99. The lowest BCUT2D eigenvalue weighted by Crippen LogP contribution is -2.43. The zero-order valence-corrected chi connectivity index (χ0v) is 14.9. The van der Waals surface area contributed by atoms with Crippen molar-refractivity contribution < 1.29 is 9.90 Å². The number of hydrogen-bond donors (Lipinski definition) is 1. The SMILES string of the molecule is O=C(N1CCC(c2ccc(O)cc2)CC1)C1(c2ccc(Cl)cc2)CC1. The van der Waals surface area contributed by atoms with Crippen molar-refractivity contribution in [1.29, 1.82) is 0 Å². The summed E-state index contributed by atoms with van der Waals surface area (Å²) in [4.78, 5) is 15.2. The summed E-state index contributed by atoms with van der Waals surface area (Å²) in [7, 11) is 0. The van der Waals surface area contributed by atoms with E-state index in [9.17, 15) is 9.90 Å². The van der Waals surface area contributed by atoms with Crippen molar-refractivity contribution in [2.45, 2.75) is 37.0 Å². The van der Waals surface area contributed by atoms with Crippen LogP contribution in [0.4, 0.5) is 0 Å². The first kappa shape index (κ1) is 16.5. The number of aromatic hydroxyl groups is 1. The molecule has 1 saturated heterocycles. The topological polar surface area (TPSA) is 40.5 Å². The fourth-order valence-corrected chi connectivity index (χ4v) is 4.11. The van der Waals surface area contributed by atoms with Crippen molar-refractivity contribution in [3.8, 4) is 5.75 Å². The molecule has 1 saturated carbocycles. The van der Waals surface area contributed by atoms with Gasteiger partial charge in [-0.2, -0.15) is 0 Å². The molecule has 2 aliphatic rings. The number of phenolic OH excluding ortho intramolecular Hbond substituents is 1. The van der Waals surface area contributed by atoms with E-state index in [2.05, 4.69) is 0 Å². The van der Waals surface area contributed by atoms with Gasteiger partial charge in [0.2, 0.25) is 5.91 Å². The van der Waals surface area contributed by atoms with Crippen LogP contribution in [0, 0.1) is 0 Å². The third-order valence-corrected chi connectivity index (χ3v) is 5.95. The molecule has 2 aromatic rings. The Kier molecular flexibility index (Phi) is 4.20. The maximum absolute atomic E-state index is 13.1. The Morgan fingerprint density at radius 2 is 1.60 bits per heavy atom. The average Bonchev–Trinajstić information content (AvgIpc) is 3.44. The van der Waals surface area contributed by atoms with E-state index in [4.69, 9.17) is 11.6 Å². The minimum atomic E-state index is -0.310.